The summed E-state index contributed by atoms with van der Waals surface area (Å²) in [4.78, 5) is 31.5. The number of carboxylic acids is 2. The van der Waals surface area contributed by atoms with Gasteiger partial charge in [-0.15, -0.1) is 11.3 Å². The van der Waals surface area contributed by atoms with Gasteiger partial charge < -0.3 is 15.5 Å². The minimum Gasteiger partial charge on any atom is -0.481 e. The Kier molecular flexibility index (Phi) is 5.13. The number of rotatable bonds is 7. The lowest BCUT2D eigenvalue weighted by Crippen LogP contribution is -2.30. The van der Waals surface area contributed by atoms with E-state index in [1.54, 1.807) is 0 Å². The van der Waals surface area contributed by atoms with Crippen molar-refractivity contribution in [2.24, 2.45) is 0 Å². The average molecular weight is 371 g/mol. The number of hydrogen-bond acceptors (Lipinski definition) is 6. The summed E-state index contributed by atoms with van der Waals surface area (Å²) in [5.74, 6) is -1.77. The average Bonchev–Trinajstić information content (AvgIpc) is 3.03. The van der Waals surface area contributed by atoms with Crippen LogP contribution in [0.5, 0.6) is 0 Å². The molecule has 3 N–H and O–H groups in total. The number of nitrogens with one attached hydrogen (secondary N) is 1. The van der Waals surface area contributed by atoms with Gasteiger partial charge in [0.25, 0.3) is 0 Å². The summed E-state index contributed by atoms with van der Waals surface area (Å²) in [7, 11) is 0. The third-order valence-corrected chi connectivity index (χ3v) is 4.88. The van der Waals surface area contributed by atoms with Gasteiger partial charge in [-0.2, -0.15) is 0 Å². The number of aromatic nitrogens is 2. The summed E-state index contributed by atoms with van der Waals surface area (Å²) in [6.07, 6.45) is 1.09. The normalized spacial score (nSPS) is 12.0. The lowest BCUT2D eigenvalue weighted by Gasteiger charge is -2.15. The summed E-state index contributed by atoms with van der Waals surface area (Å²) in [5.41, 5.74) is 3.04. The molecular weight excluding hydrogens is 354 g/mol. The molecule has 0 radical (unpaired) electrons. The maximum atomic E-state index is 11.5. The van der Waals surface area contributed by atoms with Crippen molar-refractivity contribution in [2.45, 2.75) is 25.8 Å². The number of nitrogens with zero attached hydrogens (tertiary/aromatic N) is 2. The van der Waals surface area contributed by atoms with Gasteiger partial charge in [-0.25, -0.2) is 14.8 Å². The number of carboxylic acid groups (broad SMARTS) is 2. The number of anilines is 1. The predicted octanol–water partition coefficient (Wildman–Crippen LogP) is 3.40. The number of benzene rings is 1. The zero-order valence-electron chi connectivity index (χ0n) is 14.0. The zero-order chi connectivity index (χ0) is 18.7. The summed E-state index contributed by atoms with van der Waals surface area (Å²) in [6.45, 7) is 2.01. The molecule has 2 aromatic heterocycles. The van der Waals surface area contributed by atoms with E-state index in [4.69, 9.17) is 5.11 Å². The summed E-state index contributed by atoms with van der Waals surface area (Å²) in [5, 5.41) is 23.8. The topological polar surface area (TPSA) is 112 Å². The fourth-order valence-electron chi connectivity index (χ4n) is 2.62. The highest BCUT2D eigenvalue weighted by Crippen LogP contribution is 2.36. The Morgan fingerprint density at radius 2 is 1.92 bits per heavy atom. The molecule has 3 rings (SSSR count). The van der Waals surface area contributed by atoms with Gasteiger partial charge in [-0.1, -0.05) is 29.8 Å². The molecule has 0 aliphatic rings. The van der Waals surface area contributed by atoms with Crippen molar-refractivity contribution in [1.82, 2.24) is 9.97 Å². The van der Waals surface area contributed by atoms with E-state index in [9.17, 15) is 14.7 Å². The number of aliphatic carboxylic acids is 2. The standard InChI is InChI=1S/C18H17N3O4S/c1-10-2-4-11(5-3-10)12-8-26-17-15(12)16(19-9-20-17)21-13(18(24)25)6-7-14(22)23/h2-5,8-9,13H,6-7H2,1H3,(H,22,23)(H,24,25)(H,19,20,21). The molecule has 0 aliphatic carbocycles. The lowest BCUT2D eigenvalue weighted by molar-refractivity contribution is -0.139. The Morgan fingerprint density at radius 3 is 2.58 bits per heavy atom. The molecule has 0 aliphatic heterocycles. The maximum Gasteiger partial charge on any atom is 0.326 e. The Balaban J connectivity index is 2.00. The van der Waals surface area contributed by atoms with Crippen molar-refractivity contribution < 1.29 is 19.8 Å². The van der Waals surface area contributed by atoms with Crippen molar-refractivity contribution in [3.05, 3.63) is 41.5 Å². The van der Waals surface area contributed by atoms with Crippen LogP contribution in [0.4, 0.5) is 5.82 Å². The second-order valence-corrected chi connectivity index (χ2v) is 6.74. The van der Waals surface area contributed by atoms with E-state index in [-0.39, 0.29) is 12.8 Å². The first kappa shape index (κ1) is 17.8. The molecule has 0 bridgehead atoms. The van der Waals surface area contributed by atoms with Crippen LogP contribution in [0.15, 0.2) is 36.0 Å². The van der Waals surface area contributed by atoms with E-state index in [0.29, 0.717) is 5.82 Å². The van der Waals surface area contributed by atoms with E-state index < -0.39 is 18.0 Å². The quantitative estimate of drug-likeness (QED) is 0.583. The molecule has 26 heavy (non-hydrogen) atoms. The van der Waals surface area contributed by atoms with E-state index in [1.807, 2.05) is 36.6 Å². The second kappa shape index (κ2) is 7.49. The van der Waals surface area contributed by atoms with Crippen molar-refractivity contribution in [3.8, 4) is 11.1 Å². The number of thiophene rings is 1. The first-order valence-corrected chi connectivity index (χ1v) is 8.84. The predicted molar refractivity (Wildman–Crippen MR) is 99.5 cm³/mol. The number of carbonyl (C=O) groups is 2. The SMILES string of the molecule is Cc1ccc(-c2csc3ncnc(NC(CCC(=O)O)C(=O)O)c23)cc1. The third-order valence-electron chi connectivity index (χ3n) is 3.99. The van der Waals surface area contributed by atoms with Gasteiger partial charge >= 0.3 is 11.9 Å². The van der Waals surface area contributed by atoms with Gasteiger partial charge in [0.2, 0.25) is 0 Å². The van der Waals surface area contributed by atoms with E-state index in [2.05, 4.69) is 15.3 Å². The van der Waals surface area contributed by atoms with Crippen LogP contribution in [0.3, 0.4) is 0 Å². The maximum absolute atomic E-state index is 11.5. The largest absolute Gasteiger partial charge is 0.481 e. The number of aryl methyl sites for hydroxylation is 1. The van der Waals surface area contributed by atoms with Gasteiger partial charge in [0, 0.05) is 17.4 Å². The molecule has 2 heterocycles. The monoisotopic (exact) mass is 371 g/mol. The van der Waals surface area contributed by atoms with Crippen LogP contribution in [0, 0.1) is 6.92 Å². The molecule has 0 saturated carbocycles. The first-order chi connectivity index (χ1) is 12.5. The van der Waals surface area contributed by atoms with Crippen molar-refractivity contribution in [1.29, 1.82) is 0 Å². The number of fused-ring (bicyclic) bond motifs is 1. The van der Waals surface area contributed by atoms with E-state index in [0.717, 1.165) is 26.9 Å². The Hall–Kier alpha value is -3.00. The molecule has 134 valence electrons. The van der Waals surface area contributed by atoms with Gasteiger partial charge in [0.05, 0.1) is 5.39 Å². The second-order valence-electron chi connectivity index (χ2n) is 5.89. The molecule has 1 aromatic carbocycles. The van der Waals surface area contributed by atoms with E-state index >= 15 is 0 Å². The molecule has 0 amide bonds. The van der Waals surface area contributed by atoms with Crippen LogP contribution < -0.4 is 5.32 Å². The Bertz CT molecular complexity index is 953. The van der Waals surface area contributed by atoms with Gasteiger partial charge in [-0.3, -0.25) is 4.79 Å². The fourth-order valence-corrected chi connectivity index (χ4v) is 3.54. The van der Waals surface area contributed by atoms with Crippen LogP contribution in [-0.4, -0.2) is 38.2 Å². The number of hydrogen-bond donors (Lipinski definition) is 3. The Labute approximate surface area is 153 Å². The summed E-state index contributed by atoms with van der Waals surface area (Å²) >= 11 is 1.45. The van der Waals surface area contributed by atoms with Crippen LogP contribution in [0.1, 0.15) is 18.4 Å². The molecular formula is C18H17N3O4S. The summed E-state index contributed by atoms with van der Waals surface area (Å²) in [6, 6.07) is 6.94. The third kappa shape index (κ3) is 3.80. The molecule has 1 atom stereocenters. The van der Waals surface area contributed by atoms with Crippen molar-refractivity contribution >= 4 is 39.3 Å². The molecule has 0 fully saturated rings. The smallest absolute Gasteiger partial charge is 0.326 e. The molecule has 0 spiro atoms. The first-order valence-electron chi connectivity index (χ1n) is 7.96. The highest BCUT2D eigenvalue weighted by molar-refractivity contribution is 7.17. The van der Waals surface area contributed by atoms with Crippen molar-refractivity contribution in [2.75, 3.05) is 5.32 Å². The molecule has 0 saturated heterocycles. The van der Waals surface area contributed by atoms with Crippen LogP contribution >= 0.6 is 11.3 Å². The molecule has 3 aromatic rings. The van der Waals surface area contributed by atoms with Crippen LogP contribution in [0.25, 0.3) is 21.3 Å². The Morgan fingerprint density at radius 1 is 1.19 bits per heavy atom. The van der Waals surface area contributed by atoms with E-state index in [1.165, 1.54) is 17.7 Å². The van der Waals surface area contributed by atoms with Crippen LogP contribution in [0.2, 0.25) is 0 Å². The zero-order valence-corrected chi connectivity index (χ0v) is 14.8. The minimum absolute atomic E-state index is 0.0415. The van der Waals surface area contributed by atoms with Crippen LogP contribution in [-0.2, 0) is 9.59 Å². The fraction of sp³-hybridized carbons (Fsp3) is 0.222. The van der Waals surface area contributed by atoms with Gasteiger partial charge in [0.1, 0.15) is 23.0 Å². The molecule has 7 nitrogen and oxygen atoms in total. The highest BCUT2D eigenvalue weighted by atomic mass is 32.1. The molecule has 1 unspecified atom stereocenters. The minimum atomic E-state index is -1.12. The van der Waals surface area contributed by atoms with Gasteiger partial charge in [0.15, 0.2) is 0 Å². The van der Waals surface area contributed by atoms with Crippen molar-refractivity contribution in [3.63, 3.8) is 0 Å². The highest BCUT2D eigenvalue weighted by Gasteiger charge is 2.21. The molecule has 8 heteroatoms. The summed E-state index contributed by atoms with van der Waals surface area (Å²) < 4.78 is 0. The van der Waals surface area contributed by atoms with Gasteiger partial charge in [-0.05, 0) is 18.9 Å². The lowest BCUT2D eigenvalue weighted by atomic mass is 10.0.